The molecule has 128 valence electrons. The van der Waals surface area contributed by atoms with Crippen LogP contribution in [0.2, 0.25) is 0 Å². The first-order chi connectivity index (χ1) is 11.6. The van der Waals surface area contributed by atoms with Crippen molar-refractivity contribution in [1.82, 2.24) is 14.7 Å². The Bertz CT molecular complexity index is 715. The first kappa shape index (κ1) is 17.0. The van der Waals surface area contributed by atoms with Gasteiger partial charge in [0.25, 0.3) is 0 Å². The molecule has 0 spiro atoms. The normalized spacial score (nSPS) is 17.7. The van der Waals surface area contributed by atoms with E-state index in [4.69, 9.17) is 9.84 Å². The van der Waals surface area contributed by atoms with Crippen LogP contribution in [0.1, 0.15) is 28.7 Å². The number of nitrogens with zero attached hydrogens (tertiary/aromatic N) is 3. The van der Waals surface area contributed by atoms with Crippen LogP contribution in [-0.4, -0.2) is 46.6 Å². The molecular weight excluding hydrogens is 322 g/mol. The zero-order valence-electron chi connectivity index (χ0n) is 14.4. The molecular formula is C18H23N3O2S. The van der Waals surface area contributed by atoms with Crippen LogP contribution in [0.3, 0.4) is 0 Å². The van der Waals surface area contributed by atoms with Crippen molar-refractivity contribution in [3.05, 3.63) is 47.3 Å². The van der Waals surface area contributed by atoms with Gasteiger partial charge in [-0.1, -0.05) is 18.2 Å². The lowest BCUT2D eigenvalue weighted by molar-refractivity contribution is -0.128. The van der Waals surface area contributed by atoms with Crippen LogP contribution in [-0.2, 0) is 9.53 Å². The van der Waals surface area contributed by atoms with Crippen molar-refractivity contribution in [2.45, 2.75) is 25.6 Å². The molecule has 0 aliphatic carbocycles. The molecule has 0 saturated carbocycles. The molecule has 5 nitrogen and oxygen atoms in total. The monoisotopic (exact) mass is 345 g/mol. The van der Waals surface area contributed by atoms with Gasteiger partial charge in [-0.2, -0.15) is 5.10 Å². The minimum Gasteiger partial charge on any atom is -0.385 e. The van der Waals surface area contributed by atoms with Crippen molar-refractivity contribution in [3.8, 4) is 5.69 Å². The quantitative estimate of drug-likeness (QED) is 0.755. The van der Waals surface area contributed by atoms with Crippen LogP contribution in [0.4, 0.5) is 0 Å². The molecule has 1 aliphatic heterocycles. The highest BCUT2D eigenvalue weighted by atomic mass is 32.2. The predicted octanol–water partition coefficient (Wildman–Crippen LogP) is 3.10. The fourth-order valence-corrected chi connectivity index (χ4v) is 4.52. The zero-order valence-corrected chi connectivity index (χ0v) is 15.2. The summed E-state index contributed by atoms with van der Waals surface area (Å²) in [7, 11) is 1.69. The minimum atomic E-state index is 0.0480. The molecule has 1 atom stereocenters. The number of thioether (sulfide) groups is 1. The molecule has 2 heterocycles. The summed E-state index contributed by atoms with van der Waals surface area (Å²) in [4.78, 5) is 14.3. The second-order valence-corrected chi connectivity index (χ2v) is 7.00. The number of methoxy groups -OCH3 is 1. The summed E-state index contributed by atoms with van der Waals surface area (Å²) in [6.07, 6.45) is 0.851. The van der Waals surface area contributed by atoms with Gasteiger partial charge in [0.2, 0.25) is 5.91 Å². The van der Waals surface area contributed by atoms with Crippen LogP contribution in [0.5, 0.6) is 0 Å². The van der Waals surface area contributed by atoms with Gasteiger partial charge in [-0.15, -0.1) is 11.8 Å². The fourth-order valence-electron chi connectivity index (χ4n) is 3.15. The van der Waals surface area contributed by atoms with Gasteiger partial charge < -0.3 is 9.64 Å². The third kappa shape index (κ3) is 3.21. The van der Waals surface area contributed by atoms with Crippen molar-refractivity contribution < 1.29 is 9.53 Å². The summed E-state index contributed by atoms with van der Waals surface area (Å²) in [6, 6.07) is 10.1. The number of amides is 1. The first-order valence-corrected chi connectivity index (χ1v) is 9.20. The van der Waals surface area contributed by atoms with E-state index < -0.39 is 0 Å². The molecule has 6 heteroatoms. The van der Waals surface area contributed by atoms with E-state index in [-0.39, 0.29) is 11.3 Å². The number of hydrogen-bond donors (Lipinski definition) is 0. The minimum absolute atomic E-state index is 0.0480. The van der Waals surface area contributed by atoms with Gasteiger partial charge in [0, 0.05) is 31.5 Å². The van der Waals surface area contributed by atoms with E-state index in [9.17, 15) is 4.79 Å². The predicted molar refractivity (Wildman–Crippen MR) is 96.4 cm³/mol. The number of carbonyl (C=O) groups is 1. The van der Waals surface area contributed by atoms with Crippen molar-refractivity contribution in [2.75, 3.05) is 26.0 Å². The van der Waals surface area contributed by atoms with Gasteiger partial charge >= 0.3 is 0 Å². The molecule has 1 fully saturated rings. The second-order valence-electron chi connectivity index (χ2n) is 5.93. The number of benzene rings is 1. The highest BCUT2D eigenvalue weighted by Crippen LogP contribution is 2.41. The lowest BCUT2D eigenvalue weighted by Gasteiger charge is -2.24. The van der Waals surface area contributed by atoms with E-state index in [0.29, 0.717) is 12.4 Å². The molecule has 1 aromatic heterocycles. The third-order valence-corrected chi connectivity index (χ3v) is 5.53. The molecule has 1 aromatic carbocycles. The summed E-state index contributed by atoms with van der Waals surface area (Å²) in [6.45, 7) is 5.50. The average Bonchev–Trinajstić information content (AvgIpc) is 3.08. The third-order valence-electron chi connectivity index (χ3n) is 4.31. The lowest BCUT2D eigenvalue weighted by atomic mass is 10.1. The Morgan fingerprint density at radius 2 is 2.04 bits per heavy atom. The number of aromatic nitrogens is 2. The van der Waals surface area contributed by atoms with Gasteiger partial charge in [0.05, 0.1) is 17.1 Å². The van der Waals surface area contributed by atoms with Crippen LogP contribution in [0.25, 0.3) is 5.69 Å². The molecule has 0 radical (unpaired) electrons. The number of para-hydroxylation sites is 1. The maximum atomic E-state index is 12.3. The Morgan fingerprint density at radius 3 is 2.75 bits per heavy atom. The van der Waals surface area contributed by atoms with E-state index in [1.54, 1.807) is 18.9 Å². The van der Waals surface area contributed by atoms with Gasteiger partial charge in [-0.25, -0.2) is 4.68 Å². The number of rotatable bonds is 6. The molecule has 24 heavy (non-hydrogen) atoms. The highest BCUT2D eigenvalue weighted by Gasteiger charge is 2.35. The van der Waals surface area contributed by atoms with Crippen molar-refractivity contribution in [3.63, 3.8) is 0 Å². The first-order valence-electron chi connectivity index (χ1n) is 8.15. The smallest absolute Gasteiger partial charge is 0.233 e. The van der Waals surface area contributed by atoms with Crippen LogP contribution in [0.15, 0.2) is 30.3 Å². The summed E-state index contributed by atoms with van der Waals surface area (Å²) in [5.41, 5.74) is 4.29. The maximum Gasteiger partial charge on any atom is 0.233 e. The fraction of sp³-hybridized carbons (Fsp3) is 0.444. The van der Waals surface area contributed by atoms with E-state index in [2.05, 4.69) is 6.92 Å². The second kappa shape index (κ2) is 7.40. The molecule has 1 aliphatic rings. The summed E-state index contributed by atoms with van der Waals surface area (Å²) < 4.78 is 7.10. The van der Waals surface area contributed by atoms with Crippen LogP contribution < -0.4 is 0 Å². The van der Waals surface area contributed by atoms with Crippen LogP contribution >= 0.6 is 11.8 Å². The van der Waals surface area contributed by atoms with E-state index in [1.807, 2.05) is 46.8 Å². The summed E-state index contributed by atoms with van der Waals surface area (Å²) >= 11 is 1.69. The Morgan fingerprint density at radius 1 is 1.29 bits per heavy atom. The Balaban J connectivity index is 1.91. The van der Waals surface area contributed by atoms with Crippen molar-refractivity contribution in [2.24, 2.45) is 0 Å². The molecule has 1 amide bonds. The SMILES string of the molecule is COCCCN1C(=O)CSC1c1c(C)nn(-c2ccccc2)c1C. The molecule has 1 unspecified atom stereocenters. The number of hydrogen-bond acceptors (Lipinski definition) is 4. The standard InChI is InChI=1S/C18H23N3O2S/c1-13-17(14(2)21(19-13)15-8-5-4-6-9-15)18-20(10-7-11-23-3)16(22)12-24-18/h4-6,8-9,18H,7,10-12H2,1-3H3. The topological polar surface area (TPSA) is 47.4 Å². The van der Waals surface area contributed by atoms with E-state index in [1.165, 1.54) is 0 Å². The van der Waals surface area contributed by atoms with E-state index >= 15 is 0 Å². The number of ether oxygens (including phenoxy) is 1. The van der Waals surface area contributed by atoms with Gasteiger partial charge in [0.15, 0.2) is 0 Å². The lowest BCUT2D eigenvalue weighted by Crippen LogP contribution is -2.30. The maximum absolute atomic E-state index is 12.3. The number of carbonyl (C=O) groups excluding carboxylic acids is 1. The molecule has 2 aromatic rings. The molecule has 0 bridgehead atoms. The van der Waals surface area contributed by atoms with Crippen molar-refractivity contribution in [1.29, 1.82) is 0 Å². The highest BCUT2D eigenvalue weighted by molar-refractivity contribution is 8.00. The Labute approximate surface area is 147 Å². The largest absolute Gasteiger partial charge is 0.385 e. The summed E-state index contributed by atoms with van der Waals surface area (Å²) in [5, 5.41) is 4.77. The van der Waals surface area contributed by atoms with Crippen LogP contribution in [0, 0.1) is 13.8 Å². The van der Waals surface area contributed by atoms with Gasteiger partial charge in [-0.3, -0.25) is 4.79 Å². The molecule has 3 rings (SSSR count). The van der Waals surface area contributed by atoms with Crippen molar-refractivity contribution >= 4 is 17.7 Å². The van der Waals surface area contributed by atoms with E-state index in [0.717, 1.165) is 35.6 Å². The Hall–Kier alpha value is -1.79. The Kier molecular flexibility index (Phi) is 5.26. The average molecular weight is 345 g/mol. The van der Waals surface area contributed by atoms with Gasteiger partial charge in [0.1, 0.15) is 5.37 Å². The summed E-state index contributed by atoms with van der Waals surface area (Å²) in [5.74, 6) is 0.736. The molecule has 1 saturated heterocycles. The number of aryl methyl sites for hydroxylation is 1. The van der Waals surface area contributed by atoms with Gasteiger partial charge in [-0.05, 0) is 32.4 Å². The zero-order chi connectivity index (χ0) is 17.1. The molecule has 0 N–H and O–H groups in total.